The number of hydrogen-bond donors (Lipinski definition) is 1. The van der Waals surface area contributed by atoms with Gasteiger partial charge in [-0.1, -0.05) is 48.0 Å². The number of nitrogens with zero attached hydrogens (tertiary/aromatic N) is 1. The molecule has 0 bridgehead atoms. The first-order valence-electron chi connectivity index (χ1n) is 9.81. The maximum atomic E-state index is 12.9. The van der Waals surface area contributed by atoms with Crippen LogP contribution < -0.4 is 14.4 Å². The third-order valence-electron chi connectivity index (χ3n) is 4.96. The smallest absolute Gasteiger partial charge is 0.259 e. The van der Waals surface area contributed by atoms with Crippen molar-refractivity contribution in [1.29, 1.82) is 0 Å². The van der Waals surface area contributed by atoms with Crippen LogP contribution in [0.5, 0.6) is 5.75 Å². The molecule has 8 heteroatoms. The predicted octanol–water partition coefficient (Wildman–Crippen LogP) is 4.71. The minimum absolute atomic E-state index is 0.139. The van der Waals surface area contributed by atoms with Crippen LogP contribution in [0.15, 0.2) is 72.8 Å². The molecule has 6 nitrogen and oxygen atoms in total. The molecule has 1 fully saturated rings. The number of amides is 1. The van der Waals surface area contributed by atoms with Crippen LogP contribution in [0.1, 0.15) is 22.3 Å². The van der Waals surface area contributed by atoms with Gasteiger partial charge >= 0.3 is 0 Å². The Morgan fingerprint density at radius 3 is 2.58 bits per heavy atom. The summed E-state index contributed by atoms with van der Waals surface area (Å²) in [5.41, 5.74) is 2.23. The van der Waals surface area contributed by atoms with Crippen molar-refractivity contribution in [3.63, 3.8) is 0 Å². The lowest BCUT2D eigenvalue weighted by Crippen LogP contribution is -2.25. The second-order valence-electron chi connectivity index (χ2n) is 7.12. The number of rotatable bonds is 6. The Kier molecular flexibility index (Phi) is 6.15. The van der Waals surface area contributed by atoms with Crippen LogP contribution in [0.25, 0.3) is 0 Å². The van der Waals surface area contributed by atoms with Gasteiger partial charge in [-0.3, -0.25) is 9.10 Å². The first kappa shape index (κ1) is 21.2. The van der Waals surface area contributed by atoms with Gasteiger partial charge in [0, 0.05) is 22.8 Å². The number of para-hydroxylation sites is 1. The van der Waals surface area contributed by atoms with Gasteiger partial charge in [-0.15, -0.1) is 0 Å². The van der Waals surface area contributed by atoms with Crippen LogP contribution in [0.4, 0.5) is 11.4 Å². The van der Waals surface area contributed by atoms with Gasteiger partial charge in [0.25, 0.3) is 5.91 Å². The first-order chi connectivity index (χ1) is 14.9. The SMILES string of the molecule is O=C(Nc1cccc(N2CCCS2(=O)=O)c1)c1ccccc1OCc1ccccc1Cl. The van der Waals surface area contributed by atoms with E-state index in [0.717, 1.165) is 5.56 Å². The lowest BCUT2D eigenvalue weighted by Gasteiger charge is -2.18. The van der Waals surface area contributed by atoms with E-state index in [4.69, 9.17) is 16.3 Å². The fraction of sp³-hybridized carbons (Fsp3) is 0.174. The van der Waals surface area contributed by atoms with E-state index in [2.05, 4.69) is 5.32 Å². The number of halogens is 1. The summed E-state index contributed by atoms with van der Waals surface area (Å²) in [7, 11) is -3.29. The Labute approximate surface area is 186 Å². The Balaban J connectivity index is 1.51. The van der Waals surface area contributed by atoms with Crippen LogP contribution in [0.3, 0.4) is 0 Å². The molecule has 0 saturated carbocycles. The van der Waals surface area contributed by atoms with Gasteiger partial charge in [-0.25, -0.2) is 8.42 Å². The summed E-state index contributed by atoms with van der Waals surface area (Å²) in [5, 5.41) is 3.43. The summed E-state index contributed by atoms with van der Waals surface area (Å²) in [5.74, 6) is 0.217. The standard InChI is InChI=1S/C23H21ClN2O4S/c24-21-11-3-1-7-17(21)16-30-22-12-4-2-10-20(22)23(27)25-18-8-5-9-19(15-18)26-13-6-14-31(26,28)29/h1-5,7-12,15H,6,13-14,16H2,(H,25,27). The van der Waals surface area contributed by atoms with E-state index in [1.807, 2.05) is 18.2 Å². The third-order valence-corrected chi connectivity index (χ3v) is 7.20. The van der Waals surface area contributed by atoms with Crippen LogP contribution in [0, 0.1) is 0 Å². The highest BCUT2D eigenvalue weighted by atomic mass is 35.5. The molecule has 0 radical (unpaired) electrons. The van der Waals surface area contributed by atoms with Crippen molar-refractivity contribution in [2.24, 2.45) is 0 Å². The number of nitrogens with one attached hydrogen (secondary N) is 1. The highest BCUT2D eigenvalue weighted by Crippen LogP contribution is 2.28. The van der Waals surface area contributed by atoms with E-state index in [9.17, 15) is 13.2 Å². The summed E-state index contributed by atoms with van der Waals surface area (Å²) in [6.45, 7) is 0.671. The second-order valence-corrected chi connectivity index (χ2v) is 9.54. The highest BCUT2D eigenvalue weighted by Gasteiger charge is 2.28. The molecule has 4 rings (SSSR count). The van der Waals surface area contributed by atoms with Gasteiger partial charge in [0.1, 0.15) is 12.4 Å². The molecule has 0 unspecified atom stereocenters. The summed E-state index contributed by atoms with van der Waals surface area (Å²) in [6.07, 6.45) is 0.592. The van der Waals surface area contributed by atoms with E-state index in [-0.39, 0.29) is 18.3 Å². The molecule has 3 aromatic carbocycles. The Morgan fingerprint density at radius 2 is 1.81 bits per heavy atom. The summed E-state index contributed by atoms with van der Waals surface area (Å²) < 4.78 is 31.6. The van der Waals surface area contributed by atoms with Crippen molar-refractivity contribution in [2.45, 2.75) is 13.0 Å². The van der Waals surface area contributed by atoms with Crippen molar-refractivity contribution >= 4 is 38.9 Å². The zero-order valence-corrected chi connectivity index (χ0v) is 18.2. The fourth-order valence-electron chi connectivity index (χ4n) is 3.42. The number of ether oxygens (including phenoxy) is 1. The predicted molar refractivity (Wildman–Crippen MR) is 122 cm³/mol. The number of benzene rings is 3. The molecular formula is C23H21ClN2O4S. The van der Waals surface area contributed by atoms with E-state index >= 15 is 0 Å². The van der Waals surface area contributed by atoms with Crippen molar-refractivity contribution < 1.29 is 17.9 Å². The minimum Gasteiger partial charge on any atom is -0.488 e. The van der Waals surface area contributed by atoms with Crippen molar-refractivity contribution in [1.82, 2.24) is 0 Å². The Morgan fingerprint density at radius 1 is 1.03 bits per heavy atom. The molecule has 1 aliphatic heterocycles. The van der Waals surface area contributed by atoms with Crippen LogP contribution in [-0.2, 0) is 16.6 Å². The van der Waals surface area contributed by atoms with Gasteiger partial charge in [-0.05, 0) is 42.8 Å². The largest absolute Gasteiger partial charge is 0.488 e. The lowest BCUT2D eigenvalue weighted by molar-refractivity contribution is 0.102. The molecule has 0 aliphatic carbocycles. The van der Waals surface area contributed by atoms with Gasteiger partial charge in [-0.2, -0.15) is 0 Å². The molecule has 1 N–H and O–H groups in total. The highest BCUT2D eigenvalue weighted by molar-refractivity contribution is 7.93. The number of carbonyl (C=O) groups excluding carboxylic acids is 1. The summed E-state index contributed by atoms with van der Waals surface area (Å²) in [4.78, 5) is 12.9. The third kappa shape index (κ3) is 4.84. The van der Waals surface area contributed by atoms with Gasteiger partial charge in [0.15, 0.2) is 0 Å². The van der Waals surface area contributed by atoms with Crippen molar-refractivity contribution in [3.05, 3.63) is 88.9 Å². The zero-order valence-electron chi connectivity index (χ0n) is 16.6. The monoisotopic (exact) mass is 456 g/mol. The number of hydrogen-bond acceptors (Lipinski definition) is 4. The normalized spacial score (nSPS) is 14.9. The minimum atomic E-state index is -3.29. The van der Waals surface area contributed by atoms with Crippen LogP contribution in [-0.4, -0.2) is 26.6 Å². The Hall–Kier alpha value is -3.03. The molecule has 3 aromatic rings. The maximum Gasteiger partial charge on any atom is 0.259 e. The van der Waals surface area contributed by atoms with E-state index < -0.39 is 10.0 Å². The fourth-order valence-corrected chi connectivity index (χ4v) is 5.16. The van der Waals surface area contributed by atoms with Crippen molar-refractivity contribution in [2.75, 3.05) is 21.9 Å². The van der Waals surface area contributed by atoms with E-state index in [0.29, 0.717) is 40.7 Å². The van der Waals surface area contributed by atoms with Crippen LogP contribution in [0.2, 0.25) is 5.02 Å². The molecule has 160 valence electrons. The van der Waals surface area contributed by atoms with E-state index in [1.54, 1.807) is 54.6 Å². The zero-order chi connectivity index (χ0) is 21.8. The first-order valence-corrected chi connectivity index (χ1v) is 11.8. The maximum absolute atomic E-state index is 12.9. The Bertz CT molecular complexity index is 1210. The van der Waals surface area contributed by atoms with Crippen molar-refractivity contribution in [3.8, 4) is 5.75 Å². The lowest BCUT2D eigenvalue weighted by atomic mass is 10.1. The van der Waals surface area contributed by atoms with Gasteiger partial charge in [0.2, 0.25) is 10.0 Å². The summed E-state index contributed by atoms with van der Waals surface area (Å²) >= 11 is 6.18. The van der Waals surface area contributed by atoms with E-state index in [1.165, 1.54) is 4.31 Å². The molecule has 1 saturated heterocycles. The van der Waals surface area contributed by atoms with Gasteiger partial charge in [0.05, 0.1) is 17.0 Å². The quantitative estimate of drug-likeness (QED) is 0.582. The molecule has 31 heavy (non-hydrogen) atoms. The topological polar surface area (TPSA) is 75.7 Å². The average molecular weight is 457 g/mol. The molecule has 0 spiro atoms. The molecule has 0 atom stereocenters. The molecule has 0 aromatic heterocycles. The molecule has 1 heterocycles. The molecule has 1 aliphatic rings. The van der Waals surface area contributed by atoms with Crippen LogP contribution >= 0.6 is 11.6 Å². The molecular weight excluding hydrogens is 436 g/mol. The second kappa shape index (κ2) is 8.99. The number of carbonyl (C=O) groups is 1. The number of anilines is 2. The number of sulfonamides is 1. The molecule has 1 amide bonds. The average Bonchev–Trinajstić information content (AvgIpc) is 3.12. The van der Waals surface area contributed by atoms with Gasteiger partial charge < -0.3 is 10.1 Å². The summed E-state index contributed by atoms with van der Waals surface area (Å²) in [6, 6.07) is 21.1.